The highest BCUT2D eigenvalue weighted by molar-refractivity contribution is 5.96. The summed E-state index contributed by atoms with van der Waals surface area (Å²) in [5.41, 5.74) is 2.72. The van der Waals surface area contributed by atoms with Crippen LogP contribution in [0.1, 0.15) is 6.42 Å². The Hall–Kier alpha value is -3.15. The molecule has 0 aliphatic rings. The number of non-ortho nitro benzene ring substituents is 1. The topological polar surface area (TPSA) is 71.3 Å². The normalized spacial score (nSPS) is 10.6. The van der Waals surface area contributed by atoms with Gasteiger partial charge < -0.3 is 10.2 Å². The van der Waals surface area contributed by atoms with E-state index in [0.29, 0.717) is 10.9 Å². The lowest BCUT2D eigenvalue weighted by Crippen LogP contribution is -2.20. The zero-order chi connectivity index (χ0) is 17.6. The molecule has 128 valence electrons. The van der Waals surface area contributed by atoms with Crippen LogP contribution in [0.15, 0.2) is 60.8 Å². The maximum Gasteiger partial charge on any atom is 0.278 e. The number of nitro groups is 1. The summed E-state index contributed by atoms with van der Waals surface area (Å²) in [4.78, 5) is 17.3. The van der Waals surface area contributed by atoms with Gasteiger partial charge in [-0.1, -0.05) is 18.2 Å². The molecule has 0 atom stereocenters. The van der Waals surface area contributed by atoms with Crippen molar-refractivity contribution in [1.82, 2.24) is 4.98 Å². The molecule has 1 heterocycles. The second-order valence-electron chi connectivity index (χ2n) is 5.83. The highest BCUT2D eigenvalue weighted by atomic mass is 16.6. The number of anilines is 2. The van der Waals surface area contributed by atoms with Crippen LogP contribution in [0, 0.1) is 10.1 Å². The molecule has 0 aliphatic carbocycles. The highest BCUT2D eigenvalue weighted by Crippen LogP contribution is 2.29. The number of rotatable bonds is 7. The lowest BCUT2D eigenvalue weighted by molar-refractivity contribution is -0.383. The Morgan fingerprint density at radius 2 is 1.92 bits per heavy atom. The molecule has 0 saturated carbocycles. The molecule has 2 aromatic carbocycles. The van der Waals surface area contributed by atoms with Gasteiger partial charge in [-0.3, -0.25) is 15.1 Å². The first kappa shape index (κ1) is 16.7. The van der Waals surface area contributed by atoms with E-state index in [4.69, 9.17) is 0 Å². The zero-order valence-corrected chi connectivity index (χ0v) is 14.1. The molecule has 3 aromatic rings. The van der Waals surface area contributed by atoms with Crippen LogP contribution in [0.3, 0.4) is 0 Å². The van der Waals surface area contributed by atoms with Gasteiger partial charge in [0.2, 0.25) is 0 Å². The zero-order valence-electron chi connectivity index (χ0n) is 14.1. The summed E-state index contributed by atoms with van der Waals surface area (Å²) >= 11 is 0. The summed E-state index contributed by atoms with van der Waals surface area (Å²) in [5, 5.41) is 15.1. The Morgan fingerprint density at radius 1 is 1.12 bits per heavy atom. The number of nitro benzene ring substituents is 1. The molecule has 0 bridgehead atoms. The molecule has 1 N–H and O–H groups in total. The first-order valence-electron chi connectivity index (χ1n) is 8.19. The Morgan fingerprint density at radius 3 is 2.68 bits per heavy atom. The van der Waals surface area contributed by atoms with Gasteiger partial charge >= 0.3 is 0 Å². The van der Waals surface area contributed by atoms with E-state index >= 15 is 0 Å². The van der Waals surface area contributed by atoms with Gasteiger partial charge in [0.05, 0.1) is 16.0 Å². The number of benzene rings is 2. The molecule has 0 spiro atoms. The molecular weight excluding hydrogens is 316 g/mol. The minimum Gasteiger partial charge on any atom is -0.383 e. The van der Waals surface area contributed by atoms with Crippen LogP contribution in [0.25, 0.3) is 10.9 Å². The van der Waals surface area contributed by atoms with E-state index in [1.807, 2.05) is 18.2 Å². The van der Waals surface area contributed by atoms with E-state index in [1.165, 1.54) is 11.8 Å². The van der Waals surface area contributed by atoms with Crippen molar-refractivity contribution in [2.24, 2.45) is 0 Å². The number of pyridine rings is 1. The van der Waals surface area contributed by atoms with Gasteiger partial charge in [0.15, 0.2) is 0 Å². The fourth-order valence-electron chi connectivity index (χ4n) is 2.81. The molecule has 3 rings (SSSR count). The van der Waals surface area contributed by atoms with Crippen molar-refractivity contribution >= 4 is 28.0 Å². The SMILES string of the molecule is CN(CCCNc1ccc([N+](=O)[O-])c2cccnc12)c1ccccc1. The molecule has 6 heteroatoms. The van der Waals surface area contributed by atoms with Crippen molar-refractivity contribution in [3.05, 3.63) is 70.9 Å². The van der Waals surface area contributed by atoms with E-state index in [-0.39, 0.29) is 10.6 Å². The van der Waals surface area contributed by atoms with E-state index in [9.17, 15) is 10.1 Å². The number of nitrogens with one attached hydrogen (secondary N) is 1. The smallest absolute Gasteiger partial charge is 0.278 e. The Bertz CT molecular complexity index is 868. The summed E-state index contributed by atoms with van der Waals surface area (Å²) in [6, 6.07) is 16.9. The van der Waals surface area contributed by atoms with Crippen LogP contribution < -0.4 is 10.2 Å². The van der Waals surface area contributed by atoms with Crippen LogP contribution in [0.5, 0.6) is 0 Å². The quantitative estimate of drug-likeness (QED) is 0.400. The van der Waals surface area contributed by atoms with Crippen molar-refractivity contribution in [1.29, 1.82) is 0 Å². The number of para-hydroxylation sites is 1. The molecule has 0 radical (unpaired) electrons. The standard InChI is InChI=1S/C19H20N4O2/c1-22(15-7-3-2-4-8-15)14-6-13-20-17-10-11-18(23(24)25)16-9-5-12-21-19(16)17/h2-5,7-12,20H,6,13-14H2,1H3. The van der Waals surface area contributed by atoms with Crippen molar-refractivity contribution < 1.29 is 4.92 Å². The number of nitrogens with zero attached hydrogens (tertiary/aromatic N) is 3. The van der Waals surface area contributed by atoms with Crippen molar-refractivity contribution in [3.8, 4) is 0 Å². The Balaban J connectivity index is 1.64. The first-order chi connectivity index (χ1) is 12.2. The Labute approximate surface area is 146 Å². The van der Waals surface area contributed by atoms with Gasteiger partial charge in [0, 0.05) is 38.1 Å². The molecule has 0 saturated heterocycles. The van der Waals surface area contributed by atoms with E-state index in [0.717, 1.165) is 25.2 Å². The van der Waals surface area contributed by atoms with Crippen molar-refractivity contribution in [2.75, 3.05) is 30.4 Å². The van der Waals surface area contributed by atoms with E-state index in [1.54, 1.807) is 24.4 Å². The predicted molar refractivity (Wildman–Crippen MR) is 101 cm³/mol. The summed E-state index contributed by atoms with van der Waals surface area (Å²) in [6.07, 6.45) is 2.59. The fraction of sp³-hybridized carbons (Fsp3) is 0.211. The highest BCUT2D eigenvalue weighted by Gasteiger charge is 2.14. The average molecular weight is 336 g/mol. The number of aromatic nitrogens is 1. The number of fused-ring (bicyclic) bond motifs is 1. The minimum absolute atomic E-state index is 0.0810. The van der Waals surface area contributed by atoms with E-state index < -0.39 is 0 Å². The lowest BCUT2D eigenvalue weighted by atomic mass is 10.1. The first-order valence-corrected chi connectivity index (χ1v) is 8.19. The third kappa shape index (κ3) is 3.85. The second kappa shape index (κ2) is 7.61. The van der Waals surface area contributed by atoms with Crippen molar-refractivity contribution in [3.63, 3.8) is 0 Å². The second-order valence-corrected chi connectivity index (χ2v) is 5.83. The average Bonchev–Trinajstić information content (AvgIpc) is 2.65. The summed E-state index contributed by atoms with van der Waals surface area (Å²) in [6.45, 7) is 1.68. The molecule has 25 heavy (non-hydrogen) atoms. The third-order valence-corrected chi connectivity index (χ3v) is 4.13. The van der Waals surface area contributed by atoms with Gasteiger partial charge in [-0.05, 0) is 36.8 Å². The molecule has 1 aromatic heterocycles. The number of hydrogen-bond acceptors (Lipinski definition) is 5. The monoisotopic (exact) mass is 336 g/mol. The molecule has 0 amide bonds. The van der Waals surface area contributed by atoms with Crippen LogP contribution in [0.2, 0.25) is 0 Å². The van der Waals surface area contributed by atoms with Gasteiger partial charge in [0.25, 0.3) is 5.69 Å². The molecule has 6 nitrogen and oxygen atoms in total. The lowest BCUT2D eigenvalue weighted by Gasteiger charge is -2.19. The van der Waals surface area contributed by atoms with Crippen LogP contribution in [-0.2, 0) is 0 Å². The van der Waals surface area contributed by atoms with Crippen LogP contribution in [-0.4, -0.2) is 30.0 Å². The van der Waals surface area contributed by atoms with Gasteiger partial charge in [-0.15, -0.1) is 0 Å². The summed E-state index contributed by atoms with van der Waals surface area (Å²) < 4.78 is 0. The maximum atomic E-state index is 11.1. The largest absolute Gasteiger partial charge is 0.383 e. The summed E-state index contributed by atoms with van der Waals surface area (Å²) in [7, 11) is 2.07. The summed E-state index contributed by atoms with van der Waals surface area (Å²) in [5.74, 6) is 0. The predicted octanol–water partition coefficient (Wildman–Crippen LogP) is 4.08. The van der Waals surface area contributed by atoms with Gasteiger partial charge in [-0.2, -0.15) is 0 Å². The number of hydrogen-bond donors (Lipinski definition) is 1. The molecular formula is C19H20N4O2. The van der Waals surface area contributed by atoms with Gasteiger partial charge in [-0.25, -0.2) is 0 Å². The minimum atomic E-state index is -0.372. The molecule has 0 fully saturated rings. The molecule has 0 aliphatic heterocycles. The van der Waals surface area contributed by atoms with Gasteiger partial charge in [0.1, 0.15) is 5.52 Å². The maximum absolute atomic E-state index is 11.1. The van der Waals surface area contributed by atoms with E-state index in [2.05, 4.69) is 34.4 Å². The Kier molecular flexibility index (Phi) is 5.09. The third-order valence-electron chi connectivity index (χ3n) is 4.13. The fourth-order valence-corrected chi connectivity index (χ4v) is 2.81. The van der Waals surface area contributed by atoms with Crippen molar-refractivity contribution in [2.45, 2.75) is 6.42 Å². The van der Waals surface area contributed by atoms with Crippen LogP contribution >= 0.6 is 0 Å². The van der Waals surface area contributed by atoms with Crippen LogP contribution in [0.4, 0.5) is 17.1 Å². The molecule has 0 unspecified atom stereocenters.